The predicted octanol–water partition coefficient (Wildman–Crippen LogP) is 0.962. The van der Waals surface area contributed by atoms with Gasteiger partial charge in [0.2, 0.25) is 5.91 Å². The van der Waals surface area contributed by atoms with Gasteiger partial charge in [0.15, 0.2) is 0 Å². The molecule has 2 unspecified atom stereocenters. The van der Waals surface area contributed by atoms with Crippen LogP contribution >= 0.6 is 0 Å². The highest BCUT2D eigenvalue weighted by atomic mass is 16.1. The molecule has 1 saturated carbocycles. The lowest BCUT2D eigenvalue weighted by Crippen LogP contribution is -2.62. The number of nitrogens with two attached hydrogens (primary N) is 1. The quantitative estimate of drug-likeness (QED) is 0.728. The highest BCUT2D eigenvalue weighted by molar-refractivity contribution is 5.85. The largest absolute Gasteiger partial charge is 0.368 e. The molecule has 4 nitrogen and oxygen atoms in total. The van der Waals surface area contributed by atoms with Gasteiger partial charge in [-0.15, -0.1) is 0 Å². The number of nitrogens with one attached hydrogen (secondary N) is 1. The van der Waals surface area contributed by atoms with Crippen molar-refractivity contribution in [1.29, 1.82) is 0 Å². The van der Waals surface area contributed by atoms with Gasteiger partial charge >= 0.3 is 0 Å². The van der Waals surface area contributed by atoms with Gasteiger partial charge in [0.1, 0.15) is 5.54 Å². The molecule has 1 aliphatic carbocycles. The molecule has 0 saturated heterocycles. The first kappa shape index (κ1) is 14.5. The number of hydrogen-bond acceptors (Lipinski definition) is 3. The second-order valence-corrected chi connectivity index (χ2v) is 5.42. The fourth-order valence-corrected chi connectivity index (χ4v) is 2.94. The fourth-order valence-electron chi connectivity index (χ4n) is 2.94. The van der Waals surface area contributed by atoms with Crippen LogP contribution in [-0.4, -0.2) is 43.5 Å². The molecule has 0 bridgehead atoms. The number of likely N-dealkylation sites (N-methyl/N-ethyl adjacent to an activating group) is 1. The SMILES string of the molecule is CCC1CCCCC1(NCCN(C)C)C(N)=O. The number of amides is 1. The van der Waals surface area contributed by atoms with E-state index >= 15 is 0 Å². The summed E-state index contributed by atoms with van der Waals surface area (Å²) in [5.74, 6) is 0.235. The van der Waals surface area contributed by atoms with E-state index in [9.17, 15) is 4.79 Å². The molecule has 2 atom stereocenters. The summed E-state index contributed by atoms with van der Waals surface area (Å²) in [5, 5.41) is 3.45. The van der Waals surface area contributed by atoms with Crippen LogP contribution in [0.5, 0.6) is 0 Å². The van der Waals surface area contributed by atoms with Gasteiger partial charge in [-0.25, -0.2) is 0 Å². The zero-order chi connectivity index (χ0) is 12.9. The van der Waals surface area contributed by atoms with Crippen LogP contribution in [0.4, 0.5) is 0 Å². The second kappa shape index (κ2) is 6.36. The molecule has 0 aromatic rings. The van der Waals surface area contributed by atoms with Gasteiger partial charge in [-0.3, -0.25) is 4.79 Å². The molecule has 3 N–H and O–H groups in total. The molecular formula is C13H27N3O. The van der Waals surface area contributed by atoms with Crippen molar-refractivity contribution >= 4 is 5.91 Å². The summed E-state index contributed by atoms with van der Waals surface area (Å²) in [6.45, 7) is 3.92. The minimum Gasteiger partial charge on any atom is -0.368 e. The minimum atomic E-state index is -0.455. The molecule has 0 heterocycles. The van der Waals surface area contributed by atoms with Gasteiger partial charge < -0.3 is 16.0 Å². The monoisotopic (exact) mass is 241 g/mol. The number of rotatable bonds is 6. The topological polar surface area (TPSA) is 58.4 Å². The third-order valence-electron chi connectivity index (χ3n) is 4.00. The van der Waals surface area contributed by atoms with Crippen LogP contribution < -0.4 is 11.1 Å². The van der Waals surface area contributed by atoms with Crippen LogP contribution in [0.25, 0.3) is 0 Å². The lowest BCUT2D eigenvalue weighted by Gasteiger charge is -2.42. The van der Waals surface area contributed by atoms with Gasteiger partial charge in [-0.2, -0.15) is 0 Å². The van der Waals surface area contributed by atoms with Gasteiger partial charge in [-0.1, -0.05) is 26.2 Å². The number of nitrogens with zero attached hydrogens (tertiary/aromatic N) is 1. The summed E-state index contributed by atoms with van der Waals surface area (Å²) < 4.78 is 0. The first-order chi connectivity index (χ1) is 8.03. The first-order valence-corrected chi connectivity index (χ1v) is 6.72. The zero-order valence-corrected chi connectivity index (χ0v) is 11.5. The van der Waals surface area contributed by atoms with E-state index in [1.807, 2.05) is 14.1 Å². The Bertz CT molecular complexity index is 255. The van der Waals surface area contributed by atoms with Crippen molar-refractivity contribution in [1.82, 2.24) is 10.2 Å². The molecule has 0 aliphatic heterocycles. The molecule has 4 heteroatoms. The second-order valence-electron chi connectivity index (χ2n) is 5.42. The molecule has 0 radical (unpaired) electrons. The highest BCUT2D eigenvalue weighted by Gasteiger charge is 2.44. The Balaban J connectivity index is 2.69. The van der Waals surface area contributed by atoms with Gasteiger partial charge in [-0.05, 0) is 32.9 Å². The maximum absolute atomic E-state index is 11.9. The molecule has 1 rings (SSSR count). The third-order valence-corrected chi connectivity index (χ3v) is 4.00. The smallest absolute Gasteiger partial charge is 0.238 e. The predicted molar refractivity (Wildman–Crippen MR) is 70.7 cm³/mol. The van der Waals surface area contributed by atoms with Crippen LogP contribution in [0.3, 0.4) is 0 Å². The maximum Gasteiger partial charge on any atom is 0.238 e. The molecule has 1 fully saturated rings. The van der Waals surface area contributed by atoms with E-state index in [2.05, 4.69) is 17.1 Å². The fraction of sp³-hybridized carbons (Fsp3) is 0.923. The Morgan fingerprint density at radius 1 is 1.47 bits per heavy atom. The van der Waals surface area contributed by atoms with Crippen molar-refractivity contribution in [2.45, 2.75) is 44.6 Å². The first-order valence-electron chi connectivity index (χ1n) is 6.72. The third kappa shape index (κ3) is 3.42. The summed E-state index contributed by atoms with van der Waals surface area (Å²) >= 11 is 0. The van der Waals surface area contributed by atoms with Crippen LogP contribution in [0.1, 0.15) is 39.0 Å². The normalized spacial score (nSPS) is 29.5. The van der Waals surface area contributed by atoms with Crippen molar-refractivity contribution in [2.75, 3.05) is 27.2 Å². The molecule has 100 valence electrons. The summed E-state index contributed by atoms with van der Waals surface area (Å²) in [6.07, 6.45) is 5.37. The Labute approximate surface area is 105 Å². The van der Waals surface area contributed by atoms with Crippen LogP contribution in [0.2, 0.25) is 0 Å². The van der Waals surface area contributed by atoms with Gasteiger partial charge in [0, 0.05) is 13.1 Å². The maximum atomic E-state index is 11.9. The van der Waals surface area contributed by atoms with Crippen LogP contribution in [0, 0.1) is 5.92 Å². The van der Waals surface area contributed by atoms with E-state index in [0.29, 0.717) is 5.92 Å². The Morgan fingerprint density at radius 3 is 2.71 bits per heavy atom. The summed E-state index contributed by atoms with van der Waals surface area (Å²) in [4.78, 5) is 14.0. The van der Waals surface area contributed by atoms with E-state index in [-0.39, 0.29) is 5.91 Å². The van der Waals surface area contributed by atoms with Crippen molar-refractivity contribution in [3.63, 3.8) is 0 Å². The number of carbonyl (C=O) groups excluding carboxylic acids is 1. The van der Waals surface area contributed by atoms with E-state index < -0.39 is 5.54 Å². The van der Waals surface area contributed by atoms with Crippen molar-refractivity contribution < 1.29 is 4.79 Å². The Morgan fingerprint density at radius 2 is 2.18 bits per heavy atom. The van der Waals surface area contributed by atoms with Crippen molar-refractivity contribution in [3.8, 4) is 0 Å². The molecule has 17 heavy (non-hydrogen) atoms. The number of primary amides is 1. The standard InChI is InChI=1S/C13H27N3O/c1-4-11-7-5-6-8-13(11,12(14)17)15-9-10-16(2)3/h11,15H,4-10H2,1-3H3,(H2,14,17). The average Bonchev–Trinajstić information content (AvgIpc) is 2.28. The molecule has 1 aliphatic rings. The van der Waals surface area contributed by atoms with E-state index in [1.165, 1.54) is 6.42 Å². The summed E-state index contributed by atoms with van der Waals surface area (Å²) in [7, 11) is 4.08. The molecule has 1 amide bonds. The van der Waals surface area contributed by atoms with E-state index in [4.69, 9.17) is 5.73 Å². The van der Waals surface area contributed by atoms with Crippen molar-refractivity contribution in [2.24, 2.45) is 11.7 Å². The van der Waals surface area contributed by atoms with E-state index in [0.717, 1.165) is 38.8 Å². The molecule has 0 aromatic carbocycles. The minimum absolute atomic E-state index is 0.164. The number of hydrogen-bond donors (Lipinski definition) is 2. The zero-order valence-electron chi connectivity index (χ0n) is 11.5. The molecular weight excluding hydrogens is 214 g/mol. The molecule has 0 spiro atoms. The lowest BCUT2D eigenvalue weighted by atomic mass is 9.71. The Kier molecular flexibility index (Phi) is 5.40. The van der Waals surface area contributed by atoms with Gasteiger partial charge in [0.25, 0.3) is 0 Å². The summed E-state index contributed by atoms with van der Waals surface area (Å²) in [6, 6.07) is 0. The molecule has 0 aromatic heterocycles. The van der Waals surface area contributed by atoms with E-state index in [1.54, 1.807) is 0 Å². The average molecular weight is 241 g/mol. The van der Waals surface area contributed by atoms with Gasteiger partial charge in [0.05, 0.1) is 0 Å². The van der Waals surface area contributed by atoms with Crippen molar-refractivity contribution in [3.05, 3.63) is 0 Å². The lowest BCUT2D eigenvalue weighted by molar-refractivity contribution is -0.128. The van der Waals surface area contributed by atoms with Crippen LogP contribution in [0.15, 0.2) is 0 Å². The Hall–Kier alpha value is -0.610. The highest BCUT2D eigenvalue weighted by Crippen LogP contribution is 2.35. The number of carbonyl (C=O) groups is 1. The summed E-state index contributed by atoms with van der Waals surface area (Å²) in [5.41, 5.74) is 5.21. The van der Waals surface area contributed by atoms with Crippen LogP contribution in [-0.2, 0) is 4.79 Å².